The maximum atomic E-state index is 12.0. The number of allylic oxidation sites excluding steroid dienone is 1. The van der Waals surface area contributed by atoms with Crippen molar-refractivity contribution < 1.29 is 19.4 Å². The number of hydrogen-bond acceptors (Lipinski definition) is 3. The lowest BCUT2D eigenvalue weighted by Crippen LogP contribution is -2.30. The number of hydrogen-bond donors (Lipinski definition) is 1. The van der Waals surface area contributed by atoms with Crippen LogP contribution in [0.1, 0.15) is 25.0 Å². The van der Waals surface area contributed by atoms with E-state index < -0.39 is 11.6 Å². The zero-order chi connectivity index (χ0) is 14.0. The van der Waals surface area contributed by atoms with E-state index in [2.05, 4.69) is 0 Å². The Labute approximate surface area is 111 Å². The highest BCUT2D eigenvalue weighted by atomic mass is 16.5. The van der Waals surface area contributed by atoms with Crippen molar-refractivity contribution in [1.82, 2.24) is 0 Å². The van der Waals surface area contributed by atoms with E-state index >= 15 is 0 Å². The van der Waals surface area contributed by atoms with Crippen LogP contribution in [0.4, 0.5) is 0 Å². The highest BCUT2D eigenvalue weighted by Crippen LogP contribution is 2.35. The molecule has 1 N–H and O–H groups in total. The summed E-state index contributed by atoms with van der Waals surface area (Å²) in [7, 11) is 0. The molecule has 4 nitrogen and oxygen atoms in total. The highest BCUT2D eigenvalue weighted by Gasteiger charge is 2.43. The lowest BCUT2D eigenvalue weighted by atomic mass is 9.91. The fourth-order valence-electron chi connectivity index (χ4n) is 1.99. The first-order valence-corrected chi connectivity index (χ1v) is 5.89. The molecule has 0 amide bonds. The molecule has 0 aromatic heterocycles. The third kappa shape index (κ3) is 2.29. The number of benzene rings is 1. The number of ketones is 1. The van der Waals surface area contributed by atoms with Crippen LogP contribution in [0, 0.1) is 0 Å². The van der Waals surface area contributed by atoms with Crippen LogP contribution < -0.4 is 0 Å². The number of ether oxygens (including phenoxy) is 1. The summed E-state index contributed by atoms with van der Waals surface area (Å²) in [6.07, 6.45) is 4.82. The van der Waals surface area contributed by atoms with Crippen molar-refractivity contribution in [3.63, 3.8) is 0 Å². The largest absolute Gasteiger partial charge is 0.475 e. The summed E-state index contributed by atoms with van der Waals surface area (Å²) >= 11 is 0. The van der Waals surface area contributed by atoms with Crippen molar-refractivity contribution in [3.05, 3.63) is 53.3 Å². The van der Waals surface area contributed by atoms with Gasteiger partial charge in [-0.1, -0.05) is 30.4 Å². The first-order valence-electron chi connectivity index (χ1n) is 5.89. The molecule has 0 radical (unpaired) electrons. The second kappa shape index (κ2) is 4.72. The van der Waals surface area contributed by atoms with E-state index in [9.17, 15) is 9.59 Å². The fraction of sp³-hybridized carbons (Fsp3) is 0.200. The number of carboxylic acids is 1. The van der Waals surface area contributed by atoms with Crippen molar-refractivity contribution in [2.24, 2.45) is 0 Å². The zero-order valence-corrected chi connectivity index (χ0v) is 10.7. The zero-order valence-electron chi connectivity index (χ0n) is 10.7. The summed E-state index contributed by atoms with van der Waals surface area (Å²) in [4.78, 5) is 22.9. The quantitative estimate of drug-likeness (QED) is 0.904. The maximum Gasteiger partial charge on any atom is 0.371 e. The summed E-state index contributed by atoms with van der Waals surface area (Å²) in [6, 6.07) is 7.28. The standard InChI is InChI=1S/C15H14O4/c1-3-5-10-6-4-7-11(8-10)15(2)13(16)9-12(19-15)14(17)18/h3-9H,1-2H3,(H,17,18). The predicted octanol–water partition coefficient (Wildman–Crippen LogP) is 2.50. The first-order chi connectivity index (χ1) is 8.97. The summed E-state index contributed by atoms with van der Waals surface area (Å²) < 4.78 is 5.33. The molecule has 0 fully saturated rings. The van der Waals surface area contributed by atoms with E-state index in [1.165, 1.54) is 0 Å². The molecule has 1 aliphatic heterocycles. The monoisotopic (exact) mass is 258 g/mol. The molecule has 1 aromatic rings. The minimum Gasteiger partial charge on any atom is -0.475 e. The normalized spacial score (nSPS) is 22.4. The molecule has 0 bridgehead atoms. The van der Waals surface area contributed by atoms with E-state index in [1.54, 1.807) is 13.0 Å². The Balaban J connectivity index is 2.39. The van der Waals surface area contributed by atoms with E-state index in [-0.39, 0.29) is 11.5 Å². The van der Waals surface area contributed by atoms with E-state index in [0.717, 1.165) is 11.6 Å². The summed E-state index contributed by atoms with van der Waals surface area (Å²) in [5.41, 5.74) is 0.313. The molecule has 0 spiro atoms. The Bertz CT molecular complexity index is 598. The van der Waals surface area contributed by atoms with Crippen LogP contribution in [0.25, 0.3) is 6.08 Å². The first kappa shape index (κ1) is 13.1. The van der Waals surface area contributed by atoms with Crippen molar-refractivity contribution in [1.29, 1.82) is 0 Å². The second-order valence-electron chi connectivity index (χ2n) is 4.44. The van der Waals surface area contributed by atoms with Gasteiger partial charge >= 0.3 is 5.97 Å². The number of aliphatic carboxylic acids is 1. The third-order valence-corrected chi connectivity index (χ3v) is 3.05. The molecule has 1 aliphatic rings. The van der Waals surface area contributed by atoms with Gasteiger partial charge in [0.05, 0.1) is 0 Å². The SMILES string of the molecule is CC=Cc1cccc(C2(C)OC(C(=O)O)=CC2=O)c1. The second-order valence-corrected chi connectivity index (χ2v) is 4.44. The number of carbonyl (C=O) groups is 2. The van der Waals surface area contributed by atoms with Crippen LogP contribution in [-0.4, -0.2) is 16.9 Å². The Morgan fingerprint density at radius 3 is 2.74 bits per heavy atom. The minimum atomic E-state index is -1.26. The molecular weight excluding hydrogens is 244 g/mol. The maximum absolute atomic E-state index is 12.0. The van der Waals surface area contributed by atoms with E-state index in [4.69, 9.17) is 9.84 Å². The molecule has 0 saturated heterocycles. The van der Waals surface area contributed by atoms with Crippen molar-refractivity contribution in [2.45, 2.75) is 19.4 Å². The van der Waals surface area contributed by atoms with Gasteiger partial charge in [-0.15, -0.1) is 0 Å². The van der Waals surface area contributed by atoms with Crippen molar-refractivity contribution in [2.75, 3.05) is 0 Å². The number of carboxylic acid groups (broad SMARTS) is 1. The highest BCUT2D eigenvalue weighted by molar-refractivity contribution is 6.05. The molecule has 1 aromatic carbocycles. The molecule has 1 atom stereocenters. The molecule has 2 rings (SSSR count). The third-order valence-electron chi connectivity index (χ3n) is 3.05. The summed E-state index contributed by atoms with van der Waals surface area (Å²) in [5.74, 6) is -1.91. The van der Waals surface area contributed by atoms with Gasteiger partial charge in [0.15, 0.2) is 5.60 Å². The van der Waals surface area contributed by atoms with Crippen molar-refractivity contribution in [3.8, 4) is 0 Å². The summed E-state index contributed by atoms with van der Waals surface area (Å²) in [6.45, 7) is 3.48. The van der Waals surface area contributed by atoms with Crippen LogP contribution in [0.5, 0.6) is 0 Å². The number of rotatable bonds is 3. The molecule has 19 heavy (non-hydrogen) atoms. The lowest BCUT2D eigenvalue weighted by molar-refractivity contribution is -0.141. The van der Waals surface area contributed by atoms with E-state index in [0.29, 0.717) is 5.56 Å². The van der Waals surface area contributed by atoms with Crippen LogP contribution in [0.2, 0.25) is 0 Å². The van der Waals surface area contributed by atoms with Gasteiger partial charge in [0.1, 0.15) is 0 Å². The van der Waals surface area contributed by atoms with Crippen LogP contribution in [-0.2, 0) is 19.9 Å². The van der Waals surface area contributed by atoms with Gasteiger partial charge in [-0.2, -0.15) is 0 Å². The number of carbonyl (C=O) groups excluding carboxylic acids is 1. The van der Waals surface area contributed by atoms with Gasteiger partial charge in [-0.3, -0.25) is 4.79 Å². The molecule has 0 saturated carbocycles. The lowest BCUT2D eigenvalue weighted by Gasteiger charge is -2.23. The predicted molar refractivity (Wildman–Crippen MR) is 70.3 cm³/mol. The van der Waals surface area contributed by atoms with Gasteiger partial charge in [-0.25, -0.2) is 4.79 Å². The smallest absolute Gasteiger partial charge is 0.371 e. The topological polar surface area (TPSA) is 63.6 Å². The average molecular weight is 258 g/mol. The Morgan fingerprint density at radius 2 is 2.16 bits per heavy atom. The minimum absolute atomic E-state index is 0.316. The molecule has 98 valence electrons. The molecule has 0 aliphatic carbocycles. The van der Waals surface area contributed by atoms with Crippen LogP contribution >= 0.6 is 0 Å². The molecule has 1 unspecified atom stereocenters. The van der Waals surface area contributed by atoms with Gasteiger partial charge in [0.25, 0.3) is 0 Å². The van der Waals surface area contributed by atoms with E-state index in [1.807, 2.05) is 37.3 Å². The average Bonchev–Trinajstić information content (AvgIpc) is 2.68. The molecule has 1 heterocycles. The Kier molecular flexibility index (Phi) is 3.25. The van der Waals surface area contributed by atoms with Crippen LogP contribution in [0.3, 0.4) is 0 Å². The molecule has 4 heteroatoms. The van der Waals surface area contributed by atoms with Crippen LogP contribution in [0.15, 0.2) is 42.2 Å². The van der Waals surface area contributed by atoms with Gasteiger partial charge in [0.2, 0.25) is 11.5 Å². The van der Waals surface area contributed by atoms with Gasteiger partial charge in [0, 0.05) is 11.6 Å². The Hall–Kier alpha value is -2.36. The fourth-order valence-corrected chi connectivity index (χ4v) is 1.99. The summed E-state index contributed by atoms with van der Waals surface area (Å²) in [5, 5.41) is 8.89. The Morgan fingerprint density at radius 1 is 1.42 bits per heavy atom. The molecular formula is C15H14O4. The van der Waals surface area contributed by atoms with Gasteiger partial charge in [-0.05, 0) is 25.5 Å². The van der Waals surface area contributed by atoms with Gasteiger partial charge < -0.3 is 9.84 Å². The van der Waals surface area contributed by atoms with Crippen molar-refractivity contribution >= 4 is 17.8 Å².